The highest BCUT2D eigenvalue weighted by Gasteiger charge is 2.38. The number of aromatic hydroxyl groups is 2. The molecule has 2 aliphatic rings. The fourth-order valence-corrected chi connectivity index (χ4v) is 9.35. The number of carbonyl (C=O) groups excluding carboxylic acids is 9. The van der Waals surface area contributed by atoms with Crippen LogP contribution in [0.5, 0.6) is 11.5 Å². The quantitative estimate of drug-likeness (QED) is 0.0474. The zero-order valence-electron chi connectivity index (χ0n) is 44.2. The van der Waals surface area contributed by atoms with Gasteiger partial charge in [0.1, 0.15) is 47.8 Å². The van der Waals surface area contributed by atoms with Gasteiger partial charge in [-0.05, 0) is 68.5 Å². The Morgan fingerprint density at radius 3 is 1.97 bits per heavy atom. The summed E-state index contributed by atoms with van der Waals surface area (Å²) < 4.78 is 0. The first kappa shape index (κ1) is 60.7. The van der Waals surface area contributed by atoms with E-state index in [1.54, 1.807) is 0 Å². The van der Waals surface area contributed by atoms with Gasteiger partial charge in [-0.3, -0.25) is 43.2 Å². The number of amides is 9. The van der Waals surface area contributed by atoms with Crippen molar-refractivity contribution in [3.63, 3.8) is 0 Å². The third-order valence-electron chi connectivity index (χ3n) is 14.0. The molecule has 7 atom stereocenters. The van der Waals surface area contributed by atoms with Crippen LogP contribution in [0.4, 0.5) is 0 Å². The van der Waals surface area contributed by atoms with E-state index >= 15 is 0 Å². The average Bonchev–Trinajstić information content (AvgIpc) is 3.88. The number of nitrogens with zero attached hydrogens (tertiary/aromatic N) is 3. The van der Waals surface area contributed by atoms with E-state index < -0.39 is 103 Å². The molecule has 2 aromatic rings. The first-order valence-electron chi connectivity index (χ1n) is 26.3. The Bertz CT molecular complexity index is 2330. The van der Waals surface area contributed by atoms with E-state index in [-0.39, 0.29) is 53.5 Å². The van der Waals surface area contributed by atoms with Gasteiger partial charge in [0.05, 0.1) is 13.2 Å². The summed E-state index contributed by atoms with van der Waals surface area (Å²) in [6.45, 7) is 3.72. The number of unbranched alkanes of at least 4 members (excludes halogenated alkanes) is 12. The number of nitrogens with one attached hydrogen (secondary N) is 5. The Morgan fingerprint density at radius 2 is 1.37 bits per heavy atom. The number of likely N-dealkylation sites (N-methyl/N-ethyl adjacent to an activating group) is 2. The lowest BCUT2D eigenvalue weighted by Crippen LogP contribution is -2.59. The molecule has 4 bridgehead atoms. The molecule has 22 heteroatoms. The number of fused-ring (bicyclic) bond motifs is 5. The molecule has 0 aliphatic carbocycles. The van der Waals surface area contributed by atoms with Crippen LogP contribution in [-0.2, 0) is 49.6 Å². The van der Waals surface area contributed by atoms with Crippen LogP contribution < -0.4 is 38.1 Å². The van der Waals surface area contributed by atoms with E-state index in [2.05, 4.69) is 33.5 Å². The zero-order valence-corrected chi connectivity index (χ0v) is 44.2. The maximum absolute atomic E-state index is 14.2. The van der Waals surface area contributed by atoms with Gasteiger partial charge in [-0.15, -0.1) is 0 Å². The van der Waals surface area contributed by atoms with Gasteiger partial charge in [-0.25, -0.2) is 0 Å². The molecule has 0 aromatic heterocycles. The van der Waals surface area contributed by atoms with Gasteiger partial charge in [0.15, 0.2) is 6.17 Å². The van der Waals surface area contributed by atoms with E-state index in [1.807, 2.05) is 0 Å². The van der Waals surface area contributed by atoms with Gasteiger partial charge in [0.25, 0.3) is 5.91 Å². The van der Waals surface area contributed by atoms with Gasteiger partial charge in [-0.1, -0.05) is 96.1 Å². The molecule has 0 spiro atoms. The predicted molar refractivity (Wildman–Crippen MR) is 279 cm³/mol. The number of phenolic OH excluding ortho intramolecular Hbond substituents is 2. The van der Waals surface area contributed by atoms with Crippen LogP contribution in [0.15, 0.2) is 36.4 Å². The van der Waals surface area contributed by atoms with Gasteiger partial charge >= 0.3 is 0 Å². The van der Waals surface area contributed by atoms with Crippen molar-refractivity contribution < 1.29 is 58.5 Å². The van der Waals surface area contributed by atoms with E-state index in [0.717, 1.165) is 35.5 Å². The zero-order chi connectivity index (χ0) is 55.4. The number of hydrogen-bond donors (Lipinski definition) is 10. The molecule has 2 aliphatic heterocycles. The van der Waals surface area contributed by atoms with Gasteiger partial charge in [0, 0.05) is 44.6 Å². The highest BCUT2D eigenvalue weighted by molar-refractivity contribution is 5.98. The first-order chi connectivity index (χ1) is 35.7. The third kappa shape index (κ3) is 17.7. The molecule has 2 heterocycles. The van der Waals surface area contributed by atoms with E-state index in [9.17, 15) is 58.5 Å². The second-order valence-corrected chi connectivity index (χ2v) is 19.8. The third-order valence-corrected chi connectivity index (χ3v) is 14.0. The van der Waals surface area contributed by atoms with Crippen molar-refractivity contribution in [3.05, 3.63) is 47.5 Å². The Labute approximate surface area is 439 Å². The predicted octanol–water partition coefficient (Wildman–Crippen LogP) is 1.61. The van der Waals surface area contributed by atoms with E-state index in [0.29, 0.717) is 24.8 Å². The van der Waals surface area contributed by atoms with Gasteiger partial charge in [-0.2, -0.15) is 0 Å². The number of aliphatic hydroxyl groups excluding tert-OH is 1. The first-order valence-corrected chi connectivity index (χ1v) is 26.3. The van der Waals surface area contributed by atoms with Crippen molar-refractivity contribution in [2.75, 3.05) is 33.8 Å². The minimum Gasteiger partial charge on any atom is -0.507 e. The van der Waals surface area contributed by atoms with Crippen molar-refractivity contribution in [2.24, 2.45) is 11.5 Å². The number of carbonyl (C=O) groups is 9. The van der Waals surface area contributed by atoms with Crippen LogP contribution in [0.1, 0.15) is 141 Å². The largest absolute Gasteiger partial charge is 0.507 e. The molecule has 75 heavy (non-hydrogen) atoms. The number of aliphatic hydroxyl groups is 1. The Hall–Kier alpha value is -6.81. The van der Waals surface area contributed by atoms with Crippen LogP contribution in [0.25, 0.3) is 11.1 Å². The van der Waals surface area contributed by atoms with Crippen molar-refractivity contribution in [3.8, 4) is 22.6 Å². The number of phenols is 2. The smallest absolute Gasteiger partial charge is 0.257 e. The second-order valence-electron chi connectivity index (χ2n) is 19.8. The van der Waals surface area contributed by atoms with Crippen LogP contribution in [0, 0.1) is 0 Å². The van der Waals surface area contributed by atoms with Crippen LogP contribution >= 0.6 is 0 Å². The number of primary amides is 1. The summed E-state index contributed by atoms with van der Waals surface area (Å²) in [4.78, 5) is 124. The second kappa shape index (κ2) is 29.9. The topological polar surface area (TPSA) is 336 Å². The van der Waals surface area contributed by atoms with Crippen molar-refractivity contribution in [1.29, 1.82) is 0 Å². The fourth-order valence-electron chi connectivity index (χ4n) is 9.35. The van der Waals surface area contributed by atoms with Gasteiger partial charge in [0.2, 0.25) is 47.3 Å². The van der Waals surface area contributed by atoms with Crippen LogP contribution in [-0.4, -0.2) is 153 Å². The van der Waals surface area contributed by atoms with Crippen LogP contribution in [0.2, 0.25) is 0 Å². The fraction of sp³-hybridized carbons (Fsp3) is 0.604. The molecule has 4 rings (SSSR count). The molecule has 12 N–H and O–H groups in total. The average molecular weight is 1050 g/mol. The SMILES string of the molecule is CCCCCCCCCCCCCCCC(=O)N(C)[C@H](CO)C(=O)N[C@H](N)C(=O)NCC(=O)N(C)[C@@H]1C(=O)N[C@@H](C)C(=O)N[C@H](C(=O)N[C@@H](C)C(=O)N2CCCC2C(N)=O)Cc2ccc(O)c(c2)-c2cc1ccc2O. The molecule has 9 amide bonds. The number of benzene rings is 2. The molecular weight excluding hydrogens is 969 g/mol. The minimum absolute atomic E-state index is 0.0256. The molecule has 1 unspecified atom stereocenters. The van der Waals surface area contributed by atoms with Crippen molar-refractivity contribution in [2.45, 2.75) is 172 Å². The molecule has 1 fully saturated rings. The standard InChI is InChI=1S/C53H80N10O12/c1-6-7-8-9-10-11-12-13-14-15-16-17-18-21-43(67)61(4)40(31-64)50(72)60-46(54)52(74)56-30-44(68)62(5)45-35-23-25-42(66)37(29-35)36-27-34(22-24-41(36)65)28-38(59-48(70)32(2)57-51(45)73)49(71)58-33(3)53(75)63-26-19-20-39(63)47(55)69/h22-25,27,29,32-33,38-40,45-46,64-66H,6-21,26,28,30-31,54H2,1-5H3,(H2,55,69)(H,56,74)(H,57,73)(H,58,71)(H,59,70)(H,60,72)/t32-,33-,38-,39?,40+,45-,46-/m0/s1. The number of likely N-dealkylation sites (tertiary alicyclic amines) is 1. The van der Waals surface area contributed by atoms with Crippen LogP contribution in [0.3, 0.4) is 0 Å². The maximum atomic E-state index is 14.2. The maximum Gasteiger partial charge on any atom is 0.257 e. The van der Waals surface area contributed by atoms with E-state index in [1.165, 1.54) is 121 Å². The molecule has 22 nitrogen and oxygen atoms in total. The summed E-state index contributed by atoms with van der Waals surface area (Å²) in [5, 5.41) is 44.6. The summed E-state index contributed by atoms with van der Waals surface area (Å²) >= 11 is 0. The monoisotopic (exact) mass is 1050 g/mol. The number of nitrogens with two attached hydrogens (primary N) is 2. The lowest BCUT2D eigenvalue weighted by molar-refractivity contribution is -0.142. The number of rotatable bonds is 26. The van der Waals surface area contributed by atoms with Crippen molar-refractivity contribution in [1.82, 2.24) is 41.3 Å². The summed E-state index contributed by atoms with van der Waals surface area (Å²) in [6, 6.07) is 0.620. The highest BCUT2D eigenvalue weighted by atomic mass is 16.3. The normalized spacial score (nSPS) is 18.8. The molecular formula is C53H80N10O12. The lowest BCUT2D eigenvalue weighted by atomic mass is 9.93. The molecule has 0 saturated carbocycles. The summed E-state index contributed by atoms with van der Waals surface area (Å²) in [7, 11) is 2.62. The molecule has 0 radical (unpaired) electrons. The van der Waals surface area contributed by atoms with Crippen molar-refractivity contribution >= 4 is 53.2 Å². The number of hydrogen-bond acceptors (Lipinski definition) is 13. The Balaban J connectivity index is 1.39. The summed E-state index contributed by atoms with van der Waals surface area (Å²) in [5.41, 5.74) is 12.1. The molecule has 2 aromatic carbocycles. The lowest BCUT2D eigenvalue weighted by Gasteiger charge is -2.30. The summed E-state index contributed by atoms with van der Waals surface area (Å²) in [6.07, 6.45) is 14.0. The minimum atomic E-state index is -1.73. The Morgan fingerprint density at radius 1 is 0.787 bits per heavy atom. The van der Waals surface area contributed by atoms with E-state index in [4.69, 9.17) is 11.5 Å². The van der Waals surface area contributed by atoms with Gasteiger partial charge < -0.3 is 68.1 Å². The summed E-state index contributed by atoms with van der Waals surface area (Å²) in [5.74, 6) is -7.56. The Kier molecular flexibility index (Phi) is 24.2. The molecule has 1 saturated heterocycles. The highest BCUT2D eigenvalue weighted by Crippen LogP contribution is 2.39. The molecule has 414 valence electrons.